The molecule has 1 N–H and O–H groups in total. The lowest BCUT2D eigenvalue weighted by Crippen LogP contribution is -2.28. The number of fused-ring (bicyclic) bond motifs is 1. The molecule has 1 amide bonds. The van der Waals surface area contributed by atoms with Crippen molar-refractivity contribution in [2.45, 2.75) is 39.9 Å². The number of aryl methyl sites for hydroxylation is 1. The number of hydrogen-bond donors (Lipinski definition) is 1. The summed E-state index contributed by atoms with van der Waals surface area (Å²) in [5, 5.41) is 7.42. The van der Waals surface area contributed by atoms with Crippen molar-refractivity contribution in [2.24, 2.45) is 5.92 Å². The van der Waals surface area contributed by atoms with Gasteiger partial charge in [0.1, 0.15) is 11.6 Å². The number of amides is 1. The number of carbonyl (C=O) groups excluding carboxylic acids is 1. The van der Waals surface area contributed by atoms with Gasteiger partial charge in [0.05, 0.1) is 17.9 Å². The third-order valence-corrected chi connectivity index (χ3v) is 4.40. The Labute approximate surface area is 159 Å². The second kappa shape index (κ2) is 8.99. The van der Waals surface area contributed by atoms with Crippen LogP contribution in [-0.4, -0.2) is 40.3 Å². The number of aromatic nitrogens is 2. The van der Waals surface area contributed by atoms with E-state index in [1.807, 2.05) is 4.68 Å². The van der Waals surface area contributed by atoms with Crippen molar-refractivity contribution in [3.05, 3.63) is 47.5 Å². The number of hydrogen-bond acceptors (Lipinski definition) is 4. The van der Waals surface area contributed by atoms with Gasteiger partial charge in [0.25, 0.3) is 5.91 Å². The summed E-state index contributed by atoms with van der Waals surface area (Å²) in [4.78, 5) is 14.4. The summed E-state index contributed by atoms with van der Waals surface area (Å²) in [5.74, 6) is 0.322. The second-order valence-corrected chi connectivity index (χ2v) is 7.36. The first kappa shape index (κ1) is 19.4. The molecule has 1 aliphatic rings. The number of ether oxygens (including phenoxy) is 1. The van der Waals surface area contributed by atoms with Gasteiger partial charge in [-0.1, -0.05) is 19.9 Å². The third kappa shape index (κ3) is 5.79. The molecule has 2 heterocycles. The van der Waals surface area contributed by atoms with Gasteiger partial charge in [-0.2, -0.15) is 5.10 Å². The number of nitrogens with one attached hydrogen (secondary N) is 1. The van der Waals surface area contributed by atoms with E-state index in [4.69, 9.17) is 4.74 Å². The van der Waals surface area contributed by atoms with E-state index in [0.29, 0.717) is 18.2 Å². The van der Waals surface area contributed by atoms with Crippen molar-refractivity contribution in [3.63, 3.8) is 0 Å². The number of rotatable bonds is 7. The molecule has 0 spiro atoms. The van der Waals surface area contributed by atoms with Crippen LogP contribution in [0.2, 0.25) is 0 Å². The van der Waals surface area contributed by atoms with Gasteiger partial charge in [-0.25, -0.2) is 4.39 Å². The van der Waals surface area contributed by atoms with E-state index in [9.17, 15) is 9.18 Å². The van der Waals surface area contributed by atoms with Gasteiger partial charge >= 0.3 is 0 Å². The van der Waals surface area contributed by atoms with E-state index in [-0.39, 0.29) is 18.3 Å². The van der Waals surface area contributed by atoms with Crippen LogP contribution in [0.4, 0.5) is 4.39 Å². The molecule has 0 bridgehead atoms. The van der Waals surface area contributed by atoms with Gasteiger partial charge in [-0.15, -0.1) is 0 Å². The molecule has 0 saturated carbocycles. The highest BCUT2D eigenvalue weighted by atomic mass is 19.1. The van der Waals surface area contributed by atoms with Crippen molar-refractivity contribution in [1.82, 2.24) is 20.0 Å². The summed E-state index contributed by atoms with van der Waals surface area (Å²) in [6, 6.07) is 7.81. The minimum absolute atomic E-state index is 0.154. The molecule has 6 nitrogen and oxygen atoms in total. The predicted octanol–water partition coefficient (Wildman–Crippen LogP) is 2.58. The van der Waals surface area contributed by atoms with Gasteiger partial charge in [0.15, 0.2) is 6.61 Å². The molecule has 0 aliphatic carbocycles. The molecular formula is C20H27FN4O2. The van der Waals surface area contributed by atoms with Crippen LogP contribution in [0.25, 0.3) is 0 Å². The van der Waals surface area contributed by atoms with Crippen LogP contribution in [0.15, 0.2) is 30.3 Å². The summed E-state index contributed by atoms with van der Waals surface area (Å²) in [6.45, 7) is 8.63. The molecule has 2 aromatic rings. The van der Waals surface area contributed by atoms with Crippen LogP contribution >= 0.6 is 0 Å². The summed E-state index contributed by atoms with van der Waals surface area (Å²) < 4.78 is 20.5. The van der Waals surface area contributed by atoms with Crippen molar-refractivity contribution in [3.8, 4) is 5.75 Å². The molecule has 0 atom stereocenters. The molecule has 0 unspecified atom stereocenters. The van der Waals surface area contributed by atoms with Crippen LogP contribution in [0, 0.1) is 11.7 Å². The van der Waals surface area contributed by atoms with Crippen molar-refractivity contribution >= 4 is 5.91 Å². The minimum atomic E-state index is -0.390. The maximum absolute atomic E-state index is 13.1. The predicted molar refractivity (Wildman–Crippen MR) is 101 cm³/mol. The van der Waals surface area contributed by atoms with Crippen LogP contribution in [0.3, 0.4) is 0 Å². The lowest BCUT2D eigenvalue weighted by atomic mass is 10.2. The van der Waals surface area contributed by atoms with Crippen LogP contribution < -0.4 is 10.1 Å². The van der Waals surface area contributed by atoms with Crippen LogP contribution in [0.5, 0.6) is 5.75 Å². The Morgan fingerprint density at radius 3 is 2.96 bits per heavy atom. The molecule has 0 saturated heterocycles. The largest absolute Gasteiger partial charge is 0.484 e. The van der Waals surface area contributed by atoms with Gasteiger partial charge < -0.3 is 10.1 Å². The number of nitrogens with zero attached hydrogens (tertiary/aromatic N) is 3. The van der Waals surface area contributed by atoms with Gasteiger partial charge in [0, 0.05) is 32.2 Å². The molecule has 27 heavy (non-hydrogen) atoms. The van der Waals surface area contributed by atoms with E-state index in [1.54, 1.807) is 12.1 Å². The zero-order valence-corrected chi connectivity index (χ0v) is 15.9. The SMILES string of the molecule is CC(C)CN1CCCn2nc(CNC(=O)COc3cccc(F)c3)cc2C1. The van der Waals surface area contributed by atoms with Crippen molar-refractivity contribution in [2.75, 3.05) is 19.7 Å². The molecule has 0 radical (unpaired) electrons. The van der Waals surface area contributed by atoms with Gasteiger partial charge in [-0.05, 0) is 30.5 Å². The highest BCUT2D eigenvalue weighted by molar-refractivity contribution is 5.77. The Bertz CT molecular complexity index is 775. The molecule has 1 aromatic carbocycles. The average molecular weight is 374 g/mol. The Kier molecular flexibility index (Phi) is 6.45. The first-order valence-corrected chi connectivity index (χ1v) is 9.42. The van der Waals surface area contributed by atoms with Gasteiger partial charge in [-0.3, -0.25) is 14.4 Å². The molecule has 7 heteroatoms. The zero-order valence-electron chi connectivity index (χ0n) is 15.9. The van der Waals surface area contributed by atoms with Crippen molar-refractivity contribution in [1.29, 1.82) is 0 Å². The molecular weight excluding hydrogens is 347 g/mol. The van der Waals surface area contributed by atoms with Crippen molar-refractivity contribution < 1.29 is 13.9 Å². The van der Waals surface area contributed by atoms with Crippen LogP contribution in [0.1, 0.15) is 31.7 Å². The lowest BCUT2D eigenvalue weighted by molar-refractivity contribution is -0.123. The van der Waals surface area contributed by atoms with E-state index in [0.717, 1.165) is 38.3 Å². The summed E-state index contributed by atoms with van der Waals surface area (Å²) in [7, 11) is 0. The van der Waals surface area contributed by atoms with E-state index in [1.165, 1.54) is 17.8 Å². The zero-order chi connectivity index (χ0) is 19.2. The molecule has 3 rings (SSSR count). The number of carbonyl (C=O) groups is 1. The summed E-state index contributed by atoms with van der Waals surface area (Å²) in [6.07, 6.45) is 1.08. The fourth-order valence-electron chi connectivity index (χ4n) is 3.29. The first-order chi connectivity index (χ1) is 13.0. The highest BCUT2D eigenvalue weighted by Crippen LogP contribution is 2.15. The summed E-state index contributed by atoms with van der Waals surface area (Å²) >= 11 is 0. The van der Waals surface area contributed by atoms with E-state index in [2.05, 4.69) is 35.2 Å². The number of benzene rings is 1. The van der Waals surface area contributed by atoms with E-state index < -0.39 is 0 Å². The fraction of sp³-hybridized carbons (Fsp3) is 0.500. The number of halogens is 1. The van der Waals surface area contributed by atoms with E-state index >= 15 is 0 Å². The molecule has 0 fully saturated rings. The Hall–Kier alpha value is -2.41. The topological polar surface area (TPSA) is 59.4 Å². The Balaban J connectivity index is 1.49. The van der Waals surface area contributed by atoms with Crippen LogP contribution in [-0.2, 0) is 24.4 Å². The maximum atomic E-state index is 13.1. The highest BCUT2D eigenvalue weighted by Gasteiger charge is 2.17. The standard InChI is InChI=1S/C20H27FN4O2/c1-15(2)12-24-7-4-8-25-18(13-24)10-17(23-25)11-22-20(26)14-27-19-6-3-5-16(21)9-19/h3,5-6,9-10,15H,4,7-8,11-14H2,1-2H3,(H,22,26). The monoisotopic (exact) mass is 374 g/mol. The second-order valence-electron chi connectivity index (χ2n) is 7.36. The normalized spacial score (nSPS) is 14.7. The molecule has 1 aromatic heterocycles. The maximum Gasteiger partial charge on any atom is 0.258 e. The third-order valence-electron chi connectivity index (χ3n) is 4.40. The minimum Gasteiger partial charge on any atom is -0.484 e. The first-order valence-electron chi connectivity index (χ1n) is 9.42. The van der Waals surface area contributed by atoms with Gasteiger partial charge in [0.2, 0.25) is 0 Å². The summed E-state index contributed by atoms with van der Waals surface area (Å²) in [5.41, 5.74) is 2.03. The molecule has 1 aliphatic heterocycles. The molecule has 146 valence electrons. The Morgan fingerprint density at radius 2 is 2.19 bits per heavy atom. The average Bonchev–Trinajstić information content (AvgIpc) is 2.90. The quantitative estimate of drug-likeness (QED) is 0.809. The fourth-order valence-corrected chi connectivity index (χ4v) is 3.29. The lowest BCUT2D eigenvalue weighted by Gasteiger charge is -2.21. The Morgan fingerprint density at radius 1 is 1.33 bits per heavy atom. The smallest absolute Gasteiger partial charge is 0.258 e.